The molecule has 0 unspecified atom stereocenters. The minimum absolute atomic E-state index is 0.172. The maximum atomic E-state index is 13.8. The molecule has 1 amide bonds. The van der Waals surface area contributed by atoms with Crippen LogP contribution in [0.25, 0.3) is 0 Å². The van der Waals surface area contributed by atoms with Gasteiger partial charge in [-0.25, -0.2) is 12.8 Å². The lowest BCUT2D eigenvalue weighted by Crippen LogP contribution is -2.41. The number of rotatable bonds is 4. The van der Waals surface area contributed by atoms with Gasteiger partial charge >= 0.3 is 0 Å². The molecule has 3 rings (SSSR count). The van der Waals surface area contributed by atoms with Crippen molar-refractivity contribution in [3.63, 3.8) is 0 Å². The van der Waals surface area contributed by atoms with Gasteiger partial charge in [-0.1, -0.05) is 23.5 Å². The van der Waals surface area contributed by atoms with Crippen LogP contribution in [0.4, 0.5) is 9.52 Å². The first-order valence-corrected chi connectivity index (χ1v) is 9.62. The maximum Gasteiger partial charge on any atom is 0.245 e. The van der Waals surface area contributed by atoms with E-state index < -0.39 is 15.8 Å². The number of aromatic nitrogens is 2. The minimum Gasteiger partial charge on any atom is -0.300 e. The molecule has 1 saturated heterocycles. The fraction of sp³-hybridized carbons (Fsp3) is 0.357. The lowest BCUT2D eigenvalue weighted by atomic mass is 9.97. The highest BCUT2D eigenvalue weighted by Gasteiger charge is 2.33. The number of piperidine rings is 1. The molecule has 128 valence electrons. The number of carbonyl (C=O) groups is 1. The lowest BCUT2D eigenvalue weighted by molar-refractivity contribution is -0.120. The molecule has 1 aliphatic rings. The van der Waals surface area contributed by atoms with Crippen LogP contribution in [-0.2, 0) is 14.8 Å². The number of benzene rings is 1. The lowest BCUT2D eigenvalue weighted by Gasteiger charge is -2.30. The van der Waals surface area contributed by atoms with Gasteiger partial charge in [-0.05, 0) is 25.0 Å². The predicted octanol–water partition coefficient (Wildman–Crippen LogP) is 1.72. The number of anilines is 1. The standard InChI is InChI=1S/C14H15FN4O3S2/c15-11-3-1-2-4-12(11)24(21,22)19-7-5-10(6-8-19)13(20)17-14-18-16-9-23-14/h1-4,9-10H,5-8H2,(H,17,18,20). The largest absolute Gasteiger partial charge is 0.300 e. The summed E-state index contributed by atoms with van der Waals surface area (Å²) in [4.78, 5) is 11.8. The van der Waals surface area contributed by atoms with E-state index in [9.17, 15) is 17.6 Å². The Labute approximate surface area is 142 Å². The maximum absolute atomic E-state index is 13.8. The van der Waals surface area contributed by atoms with Crippen LogP contribution in [0.15, 0.2) is 34.7 Å². The molecule has 24 heavy (non-hydrogen) atoms. The number of amides is 1. The molecular formula is C14H15FN4O3S2. The van der Waals surface area contributed by atoms with E-state index in [0.717, 1.165) is 6.07 Å². The Morgan fingerprint density at radius 3 is 2.62 bits per heavy atom. The summed E-state index contributed by atoms with van der Waals surface area (Å²) in [6.07, 6.45) is 0.747. The summed E-state index contributed by atoms with van der Waals surface area (Å²) >= 11 is 1.22. The average molecular weight is 370 g/mol. The van der Waals surface area contributed by atoms with E-state index in [1.165, 1.54) is 39.4 Å². The number of carbonyl (C=O) groups excluding carboxylic acids is 1. The Bertz CT molecular complexity index is 818. The third kappa shape index (κ3) is 3.45. The van der Waals surface area contributed by atoms with E-state index in [1.54, 1.807) is 0 Å². The van der Waals surface area contributed by atoms with Crippen molar-refractivity contribution < 1.29 is 17.6 Å². The molecule has 0 spiro atoms. The Morgan fingerprint density at radius 2 is 2.00 bits per heavy atom. The molecule has 1 aromatic heterocycles. The van der Waals surface area contributed by atoms with Crippen molar-refractivity contribution in [2.24, 2.45) is 5.92 Å². The highest BCUT2D eigenvalue weighted by Crippen LogP contribution is 2.26. The van der Waals surface area contributed by atoms with Gasteiger partial charge in [0.05, 0.1) is 0 Å². The van der Waals surface area contributed by atoms with Crippen molar-refractivity contribution in [2.45, 2.75) is 17.7 Å². The zero-order valence-electron chi connectivity index (χ0n) is 12.6. The monoisotopic (exact) mass is 370 g/mol. The molecule has 1 fully saturated rings. The summed E-state index contributed by atoms with van der Waals surface area (Å²) in [6, 6.07) is 5.30. The van der Waals surface area contributed by atoms with Gasteiger partial charge in [-0.3, -0.25) is 4.79 Å². The summed E-state index contributed by atoms with van der Waals surface area (Å²) in [5, 5.41) is 10.5. The second-order valence-corrected chi connectivity index (χ2v) is 8.08. The molecular weight excluding hydrogens is 355 g/mol. The van der Waals surface area contributed by atoms with Crippen LogP contribution in [-0.4, -0.2) is 41.9 Å². The Hall–Kier alpha value is -1.91. The van der Waals surface area contributed by atoms with Gasteiger partial charge < -0.3 is 5.32 Å². The molecule has 0 bridgehead atoms. The quantitative estimate of drug-likeness (QED) is 0.885. The van der Waals surface area contributed by atoms with E-state index in [0.29, 0.717) is 18.0 Å². The molecule has 0 aliphatic carbocycles. The molecule has 2 aromatic rings. The van der Waals surface area contributed by atoms with Crippen molar-refractivity contribution >= 4 is 32.4 Å². The first-order chi connectivity index (χ1) is 11.5. The highest BCUT2D eigenvalue weighted by atomic mass is 32.2. The SMILES string of the molecule is O=C(Nc1nncs1)C1CCN(S(=O)(=O)c2ccccc2F)CC1. The van der Waals surface area contributed by atoms with Gasteiger partial charge in [-0.2, -0.15) is 4.31 Å². The Balaban J connectivity index is 1.64. The summed E-state index contributed by atoms with van der Waals surface area (Å²) in [7, 11) is -3.89. The average Bonchev–Trinajstić information content (AvgIpc) is 3.08. The number of nitrogens with one attached hydrogen (secondary N) is 1. The van der Waals surface area contributed by atoms with Crippen LogP contribution in [0.2, 0.25) is 0 Å². The highest BCUT2D eigenvalue weighted by molar-refractivity contribution is 7.89. The summed E-state index contributed by atoms with van der Waals surface area (Å²) < 4.78 is 40.0. The molecule has 1 N–H and O–H groups in total. The normalized spacial score (nSPS) is 16.9. The summed E-state index contributed by atoms with van der Waals surface area (Å²) in [5.41, 5.74) is 1.51. The smallest absolute Gasteiger partial charge is 0.245 e. The van der Waals surface area contributed by atoms with Crippen LogP contribution >= 0.6 is 11.3 Å². The zero-order chi connectivity index (χ0) is 17.2. The third-order valence-corrected chi connectivity index (χ3v) is 6.41. The third-order valence-electron chi connectivity index (χ3n) is 3.87. The van der Waals surface area contributed by atoms with E-state index in [1.807, 2.05) is 0 Å². The molecule has 0 radical (unpaired) electrons. The topological polar surface area (TPSA) is 92.3 Å². The van der Waals surface area contributed by atoms with Gasteiger partial charge in [0.1, 0.15) is 16.2 Å². The number of halogens is 1. The molecule has 7 nitrogen and oxygen atoms in total. The van der Waals surface area contributed by atoms with E-state index in [-0.39, 0.29) is 29.8 Å². The van der Waals surface area contributed by atoms with Gasteiger partial charge in [0.25, 0.3) is 0 Å². The summed E-state index contributed by atoms with van der Waals surface area (Å²) in [6.45, 7) is 0.343. The molecule has 1 aliphatic heterocycles. The van der Waals surface area contributed by atoms with E-state index in [2.05, 4.69) is 15.5 Å². The Morgan fingerprint density at radius 1 is 1.29 bits per heavy atom. The molecule has 2 heterocycles. The second kappa shape index (κ2) is 6.91. The molecule has 0 saturated carbocycles. The number of sulfonamides is 1. The number of nitrogens with zero attached hydrogens (tertiary/aromatic N) is 3. The van der Waals surface area contributed by atoms with E-state index >= 15 is 0 Å². The Kier molecular flexibility index (Phi) is 4.88. The van der Waals surface area contributed by atoms with Gasteiger partial charge in [0, 0.05) is 19.0 Å². The van der Waals surface area contributed by atoms with Crippen LogP contribution in [0.1, 0.15) is 12.8 Å². The van der Waals surface area contributed by atoms with E-state index in [4.69, 9.17) is 0 Å². The fourth-order valence-electron chi connectivity index (χ4n) is 2.59. The second-order valence-electron chi connectivity index (χ2n) is 5.34. The van der Waals surface area contributed by atoms with Crippen molar-refractivity contribution in [1.29, 1.82) is 0 Å². The van der Waals surface area contributed by atoms with Crippen molar-refractivity contribution in [2.75, 3.05) is 18.4 Å². The van der Waals surface area contributed by atoms with Gasteiger partial charge in [0.2, 0.25) is 21.1 Å². The predicted molar refractivity (Wildman–Crippen MR) is 86.4 cm³/mol. The summed E-state index contributed by atoms with van der Waals surface area (Å²) in [5.74, 6) is -1.27. The first-order valence-electron chi connectivity index (χ1n) is 7.30. The van der Waals surface area contributed by atoms with Gasteiger partial charge in [0.15, 0.2) is 0 Å². The van der Waals surface area contributed by atoms with Gasteiger partial charge in [-0.15, -0.1) is 10.2 Å². The van der Waals surface area contributed by atoms with Crippen molar-refractivity contribution in [3.05, 3.63) is 35.6 Å². The van der Waals surface area contributed by atoms with Crippen LogP contribution in [0.5, 0.6) is 0 Å². The molecule has 10 heteroatoms. The number of hydrogen-bond donors (Lipinski definition) is 1. The molecule has 1 aromatic carbocycles. The van der Waals surface area contributed by atoms with Crippen molar-refractivity contribution in [1.82, 2.24) is 14.5 Å². The van der Waals surface area contributed by atoms with Crippen molar-refractivity contribution in [3.8, 4) is 0 Å². The minimum atomic E-state index is -3.89. The zero-order valence-corrected chi connectivity index (χ0v) is 14.2. The van der Waals surface area contributed by atoms with Crippen LogP contribution in [0, 0.1) is 11.7 Å². The van der Waals surface area contributed by atoms with Crippen LogP contribution < -0.4 is 5.32 Å². The first kappa shape index (κ1) is 16.9. The molecule has 0 atom stereocenters. The fourth-order valence-corrected chi connectivity index (χ4v) is 4.57. The van der Waals surface area contributed by atoms with Crippen LogP contribution in [0.3, 0.4) is 0 Å². The number of hydrogen-bond acceptors (Lipinski definition) is 6.